The summed E-state index contributed by atoms with van der Waals surface area (Å²) in [4.78, 5) is 27.5. The molecule has 1 aromatic heterocycles. The molecular weight excluding hydrogens is 487 g/mol. The van der Waals surface area contributed by atoms with E-state index in [2.05, 4.69) is 36.4 Å². The van der Waals surface area contributed by atoms with Gasteiger partial charge in [0.2, 0.25) is 5.91 Å². The van der Waals surface area contributed by atoms with Crippen LogP contribution in [0.25, 0.3) is 11.4 Å². The van der Waals surface area contributed by atoms with E-state index in [9.17, 15) is 14.0 Å². The molecular formula is C27H33FN8O2. The third-order valence-electron chi connectivity index (χ3n) is 7.35. The van der Waals surface area contributed by atoms with Gasteiger partial charge < -0.3 is 16.0 Å². The average Bonchev–Trinajstić information content (AvgIpc) is 3.32. The molecule has 2 fully saturated rings. The minimum Gasteiger partial charge on any atom is -0.351 e. The highest BCUT2D eigenvalue weighted by molar-refractivity contribution is 5.90. The van der Waals surface area contributed by atoms with Gasteiger partial charge in [0.1, 0.15) is 5.82 Å². The number of halogens is 1. The van der Waals surface area contributed by atoms with E-state index >= 15 is 0 Å². The van der Waals surface area contributed by atoms with Gasteiger partial charge in [-0.1, -0.05) is 43.2 Å². The topological polar surface area (TPSA) is 117 Å². The number of hydrogen-bond acceptors (Lipinski definition) is 6. The average molecular weight is 521 g/mol. The molecule has 0 unspecified atom stereocenters. The zero-order valence-electron chi connectivity index (χ0n) is 21.4. The molecule has 3 amide bonds. The summed E-state index contributed by atoms with van der Waals surface area (Å²) in [6.45, 7) is 1.67. The van der Waals surface area contributed by atoms with E-state index < -0.39 is 0 Å². The van der Waals surface area contributed by atoms with Crippen molar-refractivity contribution >= 4 is 17.6 Å². The Morgan fingerprint density at radius 3 is 2.82 bits per heavy atom. The second-order valence-electron chi connectivity index (χ2n) is 10.2. The molecule has 0 radical (unpaired) electrons. The predicted molar refractivity (Wildman–Crippen MR) is 141 cm³/mol. The van der Waals surface area contributed by atoms with Crippen LogP contribution in [0.2, 0.25) is 0 Å². The third kappa shape index (κ3) is 6.34. The van der Waals surface area contributed by atoms with Crippen molar-refractivity contribution in [2.45, 2.75) is 44.2 Å². The lowest BCUT2D eigenvalue weighted by Crippen LogP contribution is -2.57. The van der Waals surface area contributed by atoms with Crippen LogP contribution in [0.15, 0.2) is 48.5 Å². The van der Waals surface area contributed by atoms with Crippen molar-refractivity contribution in [1.82, 2.24) is 35.7 Å². The normalized spacial score (nSPS) is 22.1. The summed E-state index contributed by atoms with van der Waals surface area (Å²) in [5.74, 6) is 0.541. The monoisotopic (exact) mass is 520 g/mol. The predicted octanol–water partition coefficient (Wildman–Crippen LogP) is 2.74. The Balaban J connectivity index is 1.19. The van der Waals surface area contributed by atoms with Crippen LogP contribution in [-0.4, -0.2) is 68.8 Å². The second-order valence-corrected chi connectivity index (χ2v) is 10.2. The van der Waals surface area contributed by atoms with Crippen molar-refractivity contribution in [3.63, 3.8) is 0 Å². The number of hydrogen-bond donors (Lipinski definition) is 3. The van der Waals surface area contributed by atoms with Crippen LogP contribution in [0.1, 0.15) is 31.2 Å². The molecule has 200 valence electrons. The molecule has 2 aromatic carbocycles. The number of tetrazole rings is 1. The molecule has 1 saturated carbocycles. The fraction of sp³-hybridized carbons (Fsp3) is 0.444. The fourth-order valence-corrected chi connectivity index (χ4v) is 5.58. The van der Waals surface area contributed by atoms with Crippen molar-refractivity contribution in [3.05, 3.63) is 59.9 Å². The highest BCUT2D eigenvalue weighted by Crippen LogP contribution is 2.27. The number of carbonyl (C=O) groups is 2. The number of piperazine rings is 1. The first-order valence-corrected chi connectivity index (χ1v) is 13.1. The first-order valence-electron chi connectivity index (χ1n) is 13.1. The summed E-state index contributed by atoms with van der Waals surface area (Å²) in [5.41, 5.74) is 2.06. The van der Waals surface area contributed by atoms with Gasteiger partial charge in [0.15, 0.2) is 5.82 Å². The Morgan fingerprint density at radius 1 is 1.16 bits per heavy atom. The highest BCUT2D eigenvalue weighted by atomic mass is 19.1. The van der Waals surface area contributed by atoms with Crippen LogP contribution in [0, 0.1) is 11.7 Å². The number of rotatable bonds is 7. The molecule has 3 atom stereocenters. The van der Waals surface area contributed by atoms with Crippen LogP contribution in [0.3, 0.4) is 0 Å². The van der Waals surface area contributed by atoms with E-state index in [1.807, 2.05) is 30.3 Å². The lowest BCUT2D eigenvalue weighted by Gasteiger charge is -2.39. The van der Waals surface area contributed by atoms with Crippen LogP contribution in [0.5, 0.6) is 0 Å². The fourth-order valence-electron chi connectivity index (χ4n) is 5.58. The molecule has 2 aliphatic rings. The lowest BCUT2D eigenvalue weighted by molar-refractivity contribution is -0.125. The molecule has 11 heteroatoms. The molecule has 0 bridgehead atoms. The first kappa shape index (κ1) is 25.8. The summed E-state index contributed by atoms with van der Waals surface area (Å²) < 4.78 is 15.7. The van der Waals surface area contributed by atoms with Gasteiger partial charge in [0, 0.05) is 43.5 Å². The summed E-state index contributed by atoms with van der Waals surface area (Å²) >= 11 is 0. The summed E-state index contributed by atoms with van der Waals surface area (Å²) in [7, 11) is 1.76. The van der Waals surface area contributed by atoms with Crippen molar-refractivity contribution in [3.8, 4) is 11.4 Å². The molecule has 0 spiro atoms. The highest BCUT2D eigenvalue weighted by Gasteiger charge is 2.32. The number of carbonyl (C=O) groups excluding carboxylic acids is 2. The van der Waals surface area contributed by atoms with Crippen molar-refractivity contribution in [2.24, 2.45) is 13.0 Å². The van der Waals surface area contributed by atoms with E-state index in [-0.39, 0.29) is 35.8 Å². The number of nitrogens with one attached hydrogen (secondary N) is 3. The molecule has 3 aromatic rings. The molecule has 1 saturated heterocycles. The standard InChI is InChI=1S/C27H33FN8O2/c1-35-26(32-33-34-35)19-9-6-10-21(14-19)30-27(38)31-24-12-5-3-8-20(24)15-36-16-22(29-25(37)17-36)13-18-7-2-4-11-23(18)28/h2,4,6-7,9-11,14,20,22,24H,3,5,8,12-13,15-17H2,1H3,(H,29,37)(H2,30,31,38)/t20-,22-,24+/m0/s1. The Labute approximate surface area is 221 Å². The maximum atomic E-state index is 14.2. The molecule has 10 nitrogen and oxygen atoms in total. The van der Waals surface area contributed by atoms with Crippen molar-refractivity contribution in [2.75, 3.05) is 25.0 Å². The SMILES string of the molecule is Cn1nnnc1-c1cccc(NC(=O)N[C@@H]2CCCC[C@H]2CN2CC(=O)N[C@@H](Cc3ccccc3F)C2)c1. The van der Waals surface area contributed by atoms with Gasteiger partial charge in [-0.25, -0.2) is 13.9 Å². The number of benzene rings is 2. The summed E-state index contributed by atoms with van der Waals surface area (Å²) in [6, 6.07) is 13.7. The summed E-state index contributed by atoms with van der Waals surface area (Å²) in [5, 5.41) is 20.7. The van der Waals surface area contributed by atoms with Gasteiger partial charge in [-0.15, -0.1) is 5.10 Å². The van der Waals surface area contributed by atoms with E-state index in [4.69, 9.17) is 0 Å². The summed E-state index contributed by atoms with van der Waals surface area (Å²) in [6.07, 6.45) is 4.47. The van der Waals surface area contributed by atoms with E-state index in [0.29, 0.717) is 43.1 Å². The van der Waals surface area contributed by atoms with E-state index in [1.165, 1.54) is 6.07 Å². The minimum atomic E-state index is -0.260. The maximum absolute atomic E-state index is 14.2. The van der Waals surface area contributed by atoms with Gasteiger partial charge in [0.25, 0.3) is 0 Å². The molecule has 38 heavy (non-hydrogen) atoms. The molecule has 2 heterocycles. The van der Waals surface area contributed by atoms with Gasteiger partial charge >= 0.3 is 6.03 Å². The van der Waals surface area contributed by atoms with Crippen LogP contribution >= 0.6 is 0 Å². The van der Waals surface area contributed by atoms with Crippen LogP contribution < -0.4 is 16.0 Å². The van der Waals surface area contributed by atoms with Gasteiger partial charge in [-0.3, -0.25) is 9.69 Å². The molecule has 3 N–H and O–H groups in total. The Kier molecular flexibility index (Phi) is 7.92. The Morgan fingerprint density at radius 2 is 2.00 bits per heavy atom. The molecule has 1 aliphatic heterocycles. The molecule has 1 aliphatic carbocycles. The van der Waals surface area contributed by atoms with Gasteiger partial charge in [-0.05, 0) is 59.4 Å². The van der Waals surface area contributed by atoms with Crippen LogP contribution in [-0.2, 0) is 18.3 Å². The number of amides is 3. The van der Waals surface area contributed by atoms with Gasteiger partial charge in [0.05, 0.1) is 6.54 Å². The smallest absolute Gasteiger partial charge is 0.319 e. The number of aryl methyl sites for hydroxylation is 1. The first-order chi connectivity index (χ1) is 18.4. The third-order valence-corrected chi connectivity index (χ3v) is 7.35. The molecule has 5 rings (SSSR count). The van der Waals surface area contributed by atoms with E-state index in [1.54, 1.807) is 23.9 Å². The maximum Gasteiger partial charge on any atom is 0.319 e. The minimum absolute atomic E-state index is 0.00452. The van der Waals surface area contributed by atoms with Crippen molar-refractivity contribution in [1.29, 1.82) is 0 Å². The number of anilines is 1. The number of urea groups is 1. The number of nitrogens with zero attached hydrogens (tertiary/aromatic N) is 5. The number of aromatic nitrogens is 4. The Hall–Kier alpha value is -3.86. The zero-order valence-corrected chi connectivity index (χ0v) is 21.4. The van der Waals surface area contributed by atoms with Gasteiger partial charge in [-0.2, -0.15) is 0 Å². The lowest BCUT2D eigenvalue weighted by atomic mass is 9.84. The van der Waals surface area contributed by atoms with E-state index in [0.717, 1.165) is 31.2 Å². The second kappa shape index (κ2) is 11.7. The quantitative estimate of drug-likeness (QED) is 0.441. The van der Waals surface area contributed by atoms with Crippen molar-refractivity contribution < 1.29 is 14.0 Å². The Bertz CT molecular complexity index is 1280. The zero-order chi connectivity index (χ0) is 26.5. The largest absolute Gasteiger partial charge is 0.351 e. The van der Waals surface area contributed by atoms with Crippen LogP contribution in [0.4, 0.5) is 14.9 Å².